The standard InChI is InChI=1S/C22H48NO6P/c1-6-8-10-12-14-17-26-20-22(21-27-18-15-13-11-9-7-2)29-30(24,25)28-19-16-23(3,4)5/h22H,6-21H2,1-5H3/p+1. The van der Waals surface area contributed by atoms with E-state index in [0.29, 0.717) is 24.2 Å². The highest BCUT2D eigenvalue weighted by atomic mass is 31.2. The summed E-state index contributed by atoms with van der Waals surface area (Å²) >= 11 is 0. The first-order chi connectivity index (χ1) is 14.2. The maximum atomic E-state index is 12.3. The van der Waals surface area contributed by atoms with E-state index in [1.54, 1.807) is 0 Å². The van der Waals surface area contributed by atoms with Crippen LogP contribution in [-0.4, -0.2) is 76.2 Å². The van der Waals surface area contributed by atoms with Crippen molar-refractivity contribution in [2.45, 2.75) is 84.2 Å². The quantitative estimate of drug-likeness (QED) is 0.138. The molecular weight excluding hydrogens is 405 g/mol. The lowest BCUT2D eigenvalue weighted by Crippen LogP contribution is -2.37. The average molecular weight is 455 g/mol. The number of phosphoric ester groups is 1. The number of phosphoric acid groups is 1. The molecule has 0 spiro atoms. The van der Waals surface area contributed by atoms with Crippen molar-refractivity contribution in [3.05, 3.63) is 0 Å². The van der Waals surface area contributed by atoms with Gasteiger partial charge in [0.2, 0.25) is 0 Å². The van der Waals surface area contributed by atoms with Gasteiger partial charge < -0.3 is 18.9 Å². The molecule has 1 N–H and O–H groups in total. The van der Waals surface area contributed by atoms with Crippen molar-refractivity contribution in [2.75, 3.05) is 60.7 Å². The molecule has 0 aliphatic heterocycles. The van der Waals surface area contributed by atoms with Crippen LogP contribution >= 0.6 is 7.82 Å². The van der Waals surface area contributed by atoms with E-state index < -0.39 is 13.9 Å². The second-order valence-electron chi connectivity index (χ2n) is 9.02. The van der Waals surface area contributed by atoms with Crippen molar-refractivity contribution < 1.29 is 32.5 Å². The van der Waals surface area contributed by atoms with Crippen LogP contribution < -0.4 is 0 Å². The molecule has 1 unspecified atom stereocenters. The van der Waals surface area contributed by atoms with E-state index in [1.807, 2.05) is 21.1 Å². The molecule has 0 amide bonds. The van der Waals surface area contributed by atoms with Crippen molar-refractivity contribution in [2.24, 2.45) is 0 Å². The van der Waals surface area contributed by atoms with Crippen LogP contribution in [0.25, 0.3) is 0 Å². The van der Waals surface area contributed by atoms with Crippen LogP contribution in [-0.2, 0) is 23.1 Å². The summed E-state index contributed by atoms with van der Waals surface area (Å²) in [5.41, 5.74) is 0. The minimum atomic E-state index is -4.15. The lowest BCUT2D eigenvalue weighted by atomic mass is 10.2. The highest BCUT2D eigenvalue weighted by Crippen LogP contribution is 2.44. The summed E-state index contributed by atoms with van der Waals surface area (Å²) in [7, 11) is 1.85. The number of likely N-dealkylation sites (N-methyl/N-ethyl adjacent to an activating group) is 1. The van der Waals surface area contributed by atoms with Crippen molar-refractivity contribution in [3.63, 3.8) is 0 Å². The Balaban J connectivity index is 4.31. The van der Waals surface area contributed by atoms with E-state index >= 15 is 0 Å². The maximum absolute atomic E-state index is 12.3. The molecule has 0 aliphatic carbocycles. The van der Waals surface area contributed by atoms with Crippen molar-refractivity contribution in [1.29, 1.82) is 0 Å². The highest BCUT2D eigenvalue weighted by molar-refractivity contribution is 7.47. The van der Waals surface area contributed by atoms with Gasteiger partial charge in [0.25, 0.3) is 0 Å². The van der Waals surface area contributed by atoms with Gasteiger partial charge in [-0.3, -0.25) is 9.05 Å². The third-order valence-electron chi connectivity index (χ3n) is 4.69. The topological polar surface area (TPSA) is 74.2 Å². The number of unbranched alkanes of at least 4 members (excludes halogenated alkanes) is 8. The Morgan fingerprint density at radius 1 is 0.767 bits per heavy atom. The predicted octanol–water partition coefficient (Wildman–Crippen LogP) is 5.17. The van der Waals surface area contributed by atoms with Crippen LogP contribution in [0.15, 0.2) is 0 Å². The molecule has 0 rings (SSSR count). The summed E-state index contributed by atoms with van der Waals surface area (Å²) in [6.07, 6.45) is 11.0. The van der Waals surface area contributed by atoms with E-state index in [0.717, 1.165) is 25.7 Å². The van der Waals surface area contributed by atoms with Gasteiger partial charge in [-0.2, -0.15) is 0 Å². The molecule has 30 heavy (non-hydrogen) atoms. The molecule has 8 heteroatoms. The molecule has 7 nitrogen and oxygen atoms in total. The van der Waals surface area contributed by atoms with Crippen LogP contribution in [0.4, 0.5) is 0 Å². The van der Waals surface area contributed by atoms with Gasteiger partial charge in [-0.05, 0) is 12.8 Å². The third-order valence-corrected chi connectivity index (χ3v) is 5.76. The summed E-state index contributed by atoms with van der Waals surface area (Å²) in [4.78, 5) is 10.1. The summed E-state index contributed by atoms with van der Waals surface area (Å²) in [5, 5.41) is 0. The molecule has 0 aromatic heterocycles. The summed E-state index contributed by atoms with van der Waals surface area (Å²) in [6, 6.07) is 0. The van der Waals surface area contributed by atoms with E-state index in [9.17, 15) is 9.46 Å². The van der Waals surface area contributed by atoms with Gasteiger partial charge >= 0.3 is 7.82 Å². The number of quaternary nitrogens is 1. The first kappa shape index (κ1) is 30.0. The first-order valence-corrected chi connectivity index (χ1v) is 13.3. The van der Waals surface area contributed by atoms with Gasteiger partial charge in [0.1, 0.15) is 19.3 Å². The fraction of sp³-hybridized carbons (Fsp3) is 1.00. The number of hydrogen-bond acceptors (Lipinski definition) is 5. The Labute approximate surface area is 185 Å². The van der Waals surface area contributed by atoms with Crippen molar-refractivity contribution >= 4 is 7.82 Å². The Hall–Kier alpha value is -0.0100. The second kappa shape index (κ2) is 18.6. The molecule has 1 atom stereocenters. The van der Waals surface area contributed by atoms with Crippen molar-refractivity contribution in [3.8, 4) is 0 Å². The van der Waals surface area contributed by atoms with Gasteiger partial charge in [-0.25, -0.2) is 4.57 Å². The molecule has 0 aromatic carbocycles. The van der Waals surface area contributed by atoms with E-state index in [4.69, 9.17) is 18.5 Å². The largest absolute Gasteiger partial charge is 0.472 e. The van der Waals surface area contributed by atoms with E-state index in [2.05, 4.69) is 13.8 Å². The molecule has 0 heterocycles. The van der Waals surface area contributed by atoms with E-state index in [1.165, 1.54) is 38.5 Å². The predicted molar refractivity (Wildman–Crippen MR) is 123 cm³/mol. The molecule has 0 radical (unpaired) electrons. The smallest absolute Gasteiger partial charge is 0.379 e. The van der Waals surface area contributed by atoms with E-state index in [-0.39, 0.29) is 19.8 Å². The minimum Gasteiger partial charge on any atom is -0.379 e. The number of ether oxygens (including phenoxy) is 2. The Morgan fingerprint density at radius 3 is 1.67 bits per heavy atom. The molecular formula is C22H49NO6P+. The Morgan fingerprint density at radius 2 is 1.23 bits per heavy atom. The van der Waals surface area contributed by atoms with Gasteiger partial charge in [0.15, 0.2) is 0 Å². The molecule has 0 fully saturated rings. The SMILES string of the molecule is CCCCCCCOCC(COCCCCCCC)OP(=O)(O)OCC[N+](C)(C)C. The van der Waals surface area contributed by atoms with Crippen LogP contribution in [0, 0.1) is 0 Å². The summed E-state index contributed by atoms with van der Waals surface area (Å²) in [5.74, 6) is 0. The van der Waals surface area contributed by atoms with Gasteiger partial charge in [0.05, 0.1) is 34.4 Å². The van der Waals surface area contributed by atoms with Crippen LogP contribution in [0.5, 0.6) is 0 Å². The molecule has 182 valence electrons. The lowest BCUT2D eigenvalue weighted by Gasteiger charge is -2.25. The second-order valence-corrected chi connectivity index (χ2v) is 10.4. The molecule has 0 aliphatic rings. The van der Waals surface area contributed by atoms with Gasteiger partial charge in [-0.1, -0.05) is 65.2 Å². The molecule has 0 bridgehead atoms. The summed E-state index contributed by atoms with van der Waals surface area (Å²) < 4.78 is 34.9. The van der Waals surface area contributed by atoms with Crippen LogP contribution in [0.2, 0.25) is 0 Å². The fourth-order valence-electron chi connectivity index (χ4n) is 2.80. The molecule has 0 saturated carbocycles. The highest BCUT2D eigenvalue weighted by Gasteiger charge is 2.28. The zero-order valence-corrected chi connectivity index (χ0v) is 21.2. The monoisotopic (exact) mass is 454 g/mol. The normalized spacial score (nSPS) is 14.4. The van der Waals surface area contributed by atoms with Gasteiger partial charge in [0, 0.05) is 13.2 Å². The maximum Gasteiger partial charge on any atom is 0.472 e. The first-order valence-electron chi connectivity index (χ1n) is 11.8. The number of hydrogen-bond donors (Lipinski definition) is 1. The zero-order chi connectivity index (χ0) is 22.7. The number of nitrogens with zero attached hydrogens (tertiary/aromatic N) is 1. The Kier molecular flexibility index (Phi) is 18.5. The minimum absolute atomic E-state index is 0.153. The third kappa shape index (κ3) is 21.2. The lowest BCUT2D eigenvalue weighted by molar-refractivity contribution is -0.870. The molecule has 0 saturated heterocycles. The van der Waals surface area contributed by atoms with Gasteiger partial charge in [-0.15, -0.1) is 0 Å². The average Bonchev–Trinajstić information content (AvgIpc) is 2.64. The summed E-state index contributed by atoms with van der Waals surface area (Å²) in [6.45, 7) is 6.86. The van der Waals surface area contributed by atoms with Crippen molar-refractivity contribution in [1.82, 2.24) is 0 Å². The Bertz CT molecular complexity index is 412. The molecule has 0 aromatic rings. The fourth-order valence-corrected chi connectivity index (χ4v) is 3.67. The zero-order valence-electron chi connectivity index (χ0n) is 20.3. The number of rotatable bonds is 22. The van der Waals surface area contributed by atoms with Crippen LogP contribution in [0.3, 0.4) is 0 Å². The van der Waals surface area contributed by atoms with Crippen LogP contribution in [0.1, 0.15) is 78.1 Å².